The van der Waals surface area contributed by atoms with Crippen LogP contribution < -0.4 is 9.47 Å². The molecule has 0 heterocycles. The van der Waals surface area contributed by atoms with Crippen molar-refractivity contribution in [2.45, 2.75) is 19.4 Å². The smallest absolute Gasteiger partial charge is 0.306 e. The molecule has 0 radical (unpaired) electrons. The van der Waals surface area contributed by atoms with Crippen LogP contribution in [-0.2, 0) is 22.6 Å². The van der Waals surface area contributed by atoms with Crippen molar-refractivity contribution in [2.75, 3.05) is 14.2 Å². The average molecular weight is 353 g/mol. The highest BCUT2D eigenvalue weighted by Crippen LogP contribution is 2.28. The van der Waals surface area contributed by atoms with Crippen LogP contribution in [0.25, 0.3) is 0 Å². The standard InChI is InChI=1S/C18H18ClFO4/c1-22-16-8-6-12(10-17(16)23-2)7-9-18(21)24-11-13-14(19)4-3-5-15(13)20/h3-6,8,10H,7,9,11H2,1-2H3. The summed E-state index contributed by atoms with van der Waals surface area (Å²) in [5, 5.41) is 0.239. The summed E-state index contributed by atoms with van der Waals surface area (Å²) in [4.78, 5) is 11.8. The van der Waals surface area contributed by atoms with Gasteiger partial charge in [0, 0.05) is 12.0 Å². The number of aryl methyl sites for hydroxylation is 1. The van der Waals surface area contributed by atoms with Crippen LogP contribution in [0.4, 0.5) is 4.39 Å². The van der Waals surface area contributed by atoms with Crippen LogP contribution in [0.1, 0.15) is 17.5 Å². The van der Waals surface area contributed by atoms with E-state index in [1.54, 1.807) is 32.4 Å². The van der Waals surface area contributed by atoms with Gasteiger partial charge in [0.25, 0.3) is 0 Å². The van der Waals surface area contributed by atoms with Gasteiger partial charge in [-0.2, -0.15) is 0 Å². The monoisotopic (exact) mass is 352 g/mol. The lowest BCUT2D eigenvalue weighted by atomic mass is 10.1. The summed E-state index contributed by atoms with van der Waals surface area (Å²) < 4.78 is 29.1. The summed E-state index contributed by atoms with van der Waals surface area (Å²) in [6.07, 6.45) is 0.645. The Labute approximate surface area is 145 Å². The number of halogens is 2. The predicted molar refractivity (Wildman–Crippen MR) is 89.1 cm³/mol. The summed E-state index contributed by atoms with van der Waals surface area (Å²) in [6, 6.07) is 9.76. The van der Waals surface area contributed by atoms with Gasteiger partial charge < -0.3 is 14.2 Å². The van der Waals surface area contributed by atoms with Crippen LogP contribution in [0.5, 0.6) is 11.5 Å². The van der Waals surface area contributed by atoms with E-state index in [4.69, 9.17) is 25.8 Å². The van der Waals surface area contributed by atoms with Gasteiger partial charge in [0.15, 0.2) is 11.5 Å². The van der Waals surface area contributed by atoms with Crippen molar-refractivity contribution in [2.24, 2.45) is 0 Å². The van der Waals surface area contributed by atoms with Crippen LogP contribution in [0.3, 0.4) is 0 Å². The normalized spacial score (nSPS) is 10.3. The first-order chi connectivity index (χ1) is 11.5. The summed E-state index contributed by atoms with van der Waals surface area (Å²) in [5.41, 5.74) is 1.09. The number of esters is 1. The summed E-state index contributed by atoms with van der Waals surface area (Å²) in [5.74, 6) is 0.304. The van der Waals surface area contributed by atoms with Crippen LogP contribution in [-0.4, -0.2) is 20.2 Å². The first-order valence-electron chi connectivity index (χ1n) is 7.34. The van der Waals surface area contributed by atoms with Gasteiger partial charge in [-0.1, -0.05) is 23.7 Å². The SMILES string of the molecule is COc1ccc(CCC(=O)OCc2c(F)cccc2Cl)cc1OC. The molecule has 0 saturated heterocycles. The molecule has 24 heavy (non-hydrogen) atoms. The zero-order chi connectivity index (χ0) is 17.5. The van der Waals surface area contributed by atoms with Gasteiger partial charge in [-0.15, -0.1) is 0 Å². The molecule has 0 aliphatic rings. The highest BCUT2D eigenvalue weighted by atomic mass is 35.5. The molecule has 0 atom stereocenters. The largest absolute Gasteiger partial charge is 0.493 e. The summed E-state index contributed by atoms with van der Waals surface area (Å²) >= 11 is 5.89. The molecule has 2 aromatic carbocycles. The Morgan fingerprint density at radius 3 is 2.54 bits per heavy atom. The fourth-order valence-corrected chi connectivity index (χ4v) is 2.40. The molecular weight excluding hydrogens is 335 g/mol. The van der Waals surface area contributed by atoms with Crippen LogP contribution >= 0.6 is 11.6 Å². The number of hydrogen-bond acceptors (Lipinski definition) is 4. The van der Waals surface area contributed by atoms with E-state index in [1.807, 2.05) is 6.07 Å². The van der Waals surface area contributed by atoms with E-state index in [0.717, 1.165) is 5.56 Å². The number of rotatable bonds is 7. The first kappa shape index (κ1) is 18.1. The molecule has 0 aliphatic carbocycles. The molecule has 6 heteroatoms. The van der Waals surface area contributed by atoms with Gasteiger partial charge in [-0.25, -0.2) is 4.39 Å². The molecule has 0 saturated carbocycles. The van der Waals surface area contributed by atoms with E-state index < -0.39 is 11.8 Å². The molecule has 0 amide bonds. The lowest BCUT2D eigenvalue weighted by molar-refractivity contribution is -0.144. The third-order valence-electron chi connectivity index (χ3n) is 3.50. The third kappa shape index (κ3) is 4.61. The predicted octanol–water partition coefficient (Wildman–Crippen LogP) is 4.17. The second-order valence-electron chi connectivity index (χ2n) is 5.05. The fraction of sp³-hybridized carbons (Fsp3) is 0.278. The minimum absolute atomic E-state index is 0.168. The van der Waals surface area contributed by atoms with Crippen molar-refractivity contribution in [3.05, 3.63) is 58.4 Å². The molecule has 4 nitrogen and oxygen atoms in total. The molecule has 0 unspecified atom stereocenters. The number of ether oxygens (including phenoxy) is 3. The van der Waals surface area contributed by atoms with E-state index in [2.05, 4.69) is 0 Å². The van der Waals surface area contributed by atoms with E-state index in [1.165, 1.54) is 12.1 Å². The molecular formula is C18H18ClFO4. The zero-order valence-corrected chi connectivity index (χ0v) is 14.2. The maximum Gasteiger partial charge on any atom is 0.306 e. The molecule has 0 N–H and O–H groups in total. The van der Waals surface area contributed by atoms with Crippen molar-refractivity contribution in [1.82, 2.24) is 0 Å². The highest BCUT2D eigenvalue weighted by molar-refractivity contribution is 6.31. The zero-order valence-electron chi connectivity index (χ0n) is 13.5. The minimum atomic E-state index is -0.491. The molecule has 128 valence electrons. The van der Waals surface area contributed by atoms with Crippen LogP contribution in [0.15, 0.2) is 36.4 Å². The van der Waals surface area contributed by atoms with E-state index in [-0.39, 0.29) is 23.6 Å². The Hall–Kier alpha value is -2.27. The Morgan fingerprint density at radius 1 is 1.12 bits per heavy atom. The number of methoxy groups -OCH3 is 2. The fourth-order valence-electron chi connectivity index (χ4n) is 2.18. The topological polar surface area (TPSA) is 44.8 Å². The minimum Gasteiger partial charge on any atom is -0.493 e. The number of carbonyl (C=O) groups excluding carboxylic acids is 1. The van der Waals surface area contributed by atoms with Crippen molar-refractivity contribution >= 4 is 17.6 Å². The highest BCUT2D eigenvalue weighted by Gasteiger charge is 2.11. The van der Waals surface area contributed by atoms with Gasteiger partial charge in [0.05, 0.1) is 19.2 Å². The average Bonchev–Trinajstić information content (AvgIpc) is 2.59. The molecule has 0 spiro atoms. The molecule has 0 aliphatic heterocycles. The Bertz CT molecular complexity index is 698. The van der Waals surface area contributed by atoms with E-state index >= 15 is 0 Å². The maximum atomic E-state index is 13.6. The maximum absolute atomic E-state index is 13.6. The second-order valence-corrected chi connectivity index (χ2v) is 5.46. The van der Waals surface area contributed by atoms with Crippen molar-refractivity contribution in [3.8, 4) is 11.5 Å². The Kier molecular flexibility index (Phi) is 6.44. The summed E-state index contributed by atoms with van der Waals surface area (Å²) in [6.45, 7) is -0.184. The van der Waals surface area contributed by atoms with Gasteiger partial charge in [-0.3, -0.25) is 4.79 Å². The number of benzene rings is 2. The van der Waals surface area contributed by atoms with Gasteiger partial charge in [0.2, 0.25) is 0 Å². The van der Waals surface area contributed by atoms with Crippen molar-refractivity contribution in [1.29, 1.82) is 0 Å². The van der Waals surface area contributed by atoms with Crippen molar-refractivity contribution < 1.29 is 23.4 Å². The van der Waals surface area contributed by atoms with Crippen LogP contribution in [0.2, 0.25) is 5.02 Å². The molecule has 0 aromatic heterocycles. The summed E-state index contributed by atoms with van der Waals surface area (Å²) in [7, 11) is 3.11. The third-order valence-corrected chi connectivity index (χ3v) is 3.86. The molecule has 2 aromatic rings. The first-order valence-corrected chi connectivity index (χ1v) is 7.72. The Morgan fingerprint density at radius 2 is 1.88 bits per heavy atom. The van der Waals surface area contributed by atoms with Crippen molar-refractivity contribution in [3.63, 3.8) is 0 Å². The molecule has 0 fully saturated rings. The van der Waals surface area contributed by atoms with Gasteiger partial charge in [0.1, 0.15) is 12.4 Å². The van der Waals surface area contributed by atoms with Gasteiger partial charge >= 0.3 is 5.97 Å². The molecule has 0 bridgehead atoms. The van der Waals surface area contributed by atoms with E-state index in [9.17, 15) is 9.18 Å². The van der Waals surface area contributed by atoms with Crippen LogP contribution in [0, 0.1) is 5.82 Å². The van der Waals surface area contributed by atoms with Gasteiger partial charge in [-0.05, 0) is 36.2 Å². The Balaban J connectivity index is 1.89. The number of hydrogen-bond donors (Lipinski definition) is 0. The number of carbonyl (C=O) groups is 1. The van der Waals surface area contributed by atoms with E-state index in [0.29, 0.717) is 17.9 Å². The molecule has 2 rings (SSSR count). The quantitative estimate of drug-likeness (QED) is 0.701. The lowest BCUT2D eigenvalue weighted by Gasteiger charge is -2.10. The lowest BCUT2D eigenvalue weighted by Crippen LogP contribution is -2.07. The second kappa shape index (κ2) is 8.55.